The first-order chi connectivity index (χ1) is 8.88. The summed E-state index contributed by atoms with van der Waals surface area (Å²) >= 11 is 0. The molecule has 1 aromatic rings. The normalized spacial score (nSPS) is 20.4. The van der Waals surface area contributed by atoms with Crippen molar-refractivity contribution in [3.63, 3.8) is 0 Å². The van der Waals surface area contributed by atoms with Crippen molar-refractivity contribution in [3.8, 4) is 0 Å². The van der Waals surface area contributed by atoms with E-state index in [1.807, 2.05) is 6.20 Å². The molecule has 0 N–H and O–H groups in total. The van der Waals surface area contributed by atoms with Gasteiger partial charge in [0.2, 0.25) is 0 Å². The summed E-state index contributed by atoms with van der Waals surface area (Å²) in [5, 5.41) is 0. The molecule has 0 bridgehead atoms. The molecule has 19 heavy (non-hydrogen) atoms. The van der Waals surface area contributed by atoms with E-state index in [0.29, 0.717) is 5.78 Å². The molecule has 2 heterocycles. The molecule has 104 valence electrons. The van der Waals surface area contributed by atoms with Crippen LogP contribution in [0, 0.1) is 5.92 Å². The van der Waals surface area contributed by atoms with Crippen molar-refractivity contribution in [1.29, 1.82) is 0 Å². The molecule has 1 saturated heterocycles. The largest absolute Gasteiger partial charge is 0.356 e. The highest BCUT2D eigenvalue weighted by molar-refractivity contribution is 5.79. The molecule has 0 aliphatic carbocycles. The molecule has 1 fully saturated rings. The number of carbonyl (C=O) groups excluding carboxylic acids is 1. The van der Waals surface area contributed by atoms with Crippen LogP contribution >= 0.6 is 0 Å². The van der Waals surface area contributed by atoms with Gasteiger partial charge in [-0.2, -0.15) is 0 Å². The van der Waals surface area contributed by atoms with Crippen LogP contribution in [-0.4, -0.2) is 23.9 Å². The van der Waals surface area contributed by atoms with Gasteiger partial charge in [-0.3, -0.25) is 4.79 Å². The molecular weight excluding hydrogens is 236 g/mol. The van der Waals surface area contributed by atoms with Gasteiger partial charge in [0.25, 0.3) is 0 Å². The van der Waals surface area contributed by atoms with Crippen molar-refractivity contribution in [2.45, 2.75) is 46.0 Å². The van der Waals surface area contributed by atoms with Gasteiger partial charge in [-0.05, 0) is 36.8 Å². The van der Waals surface area contributed by atoms with Crippen molar-refractivity contribution >= 4 is 11.6 Å². The lowest BCUT2D eigenvalue weighted by atomic mass is 9.88. The van der Waals surface area contributed by atoms with E-state index in [1.54, 1.807) is 6.92 Å². The van der Waals surface area contributed by atoms with Crippen molar-refractivity contribution in [1.82, 2.24) is 4.98 Å². The monoisotopic (exact) mass is 260 g/mol. The molecule has 0 aromatic carbocycles. The Morgan fingerprint density at radius 1 is 1.37 bits per heavy atom. The number of carbonyl (C=O) groups is 1. The average Bonchev–Trinajstić information content (AvgIpc) is 2.38. The van der Waals surface area contributed by atoms with Gasteiger partial charge in [-0.1, -0.05) is 26.8 Å². The first-order valence-electron chi connectivity index (χ1n) is 7.10. The summed E-state index contributed by atoms with van der Waals surface area (Å²) in [6.45, 7) is 10.1. The molecule has 0 spiro atoms. The van der Waals surface area contributed by atoms with Gasteiger partial charge < -0.3 is 4.90 Å². The number of aromatic nitrogens is 1. The lowest BCUT2D eigenvalue weighted by Gasteiger charge is -2.32. The smallest absolute Gasteiger partial charge is 0.134 e. The van der Waals surface area contributed by atoms with Crippen LogP contribution in [0.15, 0.2) is 18.3 Å². The number of anilines is 1. The zero-order chi connectivity index (χ0) is 14.0. The van der Waals surface area contributed by atoms with Crippen LogP contribution in [0.3, 0.4) is 0 Å². The molecule has 0 radical (unpaired) electrons. The highest BCUT2D eigenvalue weighted by Crippen LogP contribution is 2.25. The Kier molecular flexibility index (Phi) is 3.93. The predicted octanol–water partition coefficient (Wildman–Crippen LogP) is 3.18. The minimum Gasteiger partial charge on any atom is -0.356 e. The highest BCUT2D eigenvalue weighted by Gasteiger charge is 2.24. The number of piperidine rings is 1. The van der Waals surface area contributed by atoms with Crippen molar-refractivity contribution in [2.75, 3.05) is 18.0 Å². The zero-order valence-corrected chi connectivity index (χ0v) is 12.4. The van der Waals surface area contributed by atoms with Crippen LogP contribution in [0.2, 0.25) is 0 Å². The van der Waals surface area contributed by atoms with Crippen LogP contribution in [-0.2, 0) is 10.2 Å². The maximum absolute atomic E-state index is 11.5. The third kappa shape index (κ3) is 3.34. The van der Waals surface area contributed by atoms with Crippen LogP contribution in [0.25, 0.3) is 0 Å². The van der Waals surface area contributed by atoms with E-state index in [2.05, 4.69) is 42.8 Å². The molecule has 1 aliphatic rings. The Labute approximate surface area is 116 Å². The Morgan fingerprint density at radius 3 is 2.63 bits per heavy atom. The number of hydrogen-bond donors (Lipinski definition) is 0. The van der Waals surface area contributed by atoms with Gasteiger partial charge in [0.05, 0.1) is 0 Å². The van der Waals surface area contributed by atoms with Crippen LogP contribution in [0.5, 0.6) is 0 Å². The molecule has 1 aliphatic heterocycles. The fraction of sp³-hybridized carbons (Fsp3) is 0.625. The van der Waals surface area contributed by atoms with E-state index in [0.717, 1.165) is 31.7 Å². The second-order valence-corrected chi connectivity index (χ2v) is 6.55. The zero-order valence-electron chi connectivity index (χ0n) is 12.4. The van der Waals surface area contributed by atoms with Crippen molar-refractivity contribution in [3.05, 3.63) is 23.9 Å². The topological polar surface area (TPSA) is 33.2 Å². The quantitative estimate of drug-likeness (QED) is 0.819. The SMILES string of the molecule is CC(=O)C1CCCN(c2ccc(C(C)(C)C)cn2)C1. The summed E-state index contributed by atoms with van der Waals surface area (Å²) in [6.07, 6.45) is 4.06. The fourth-order valence-corrected chi connectivity index (χ4v) is 2.53. The predicted molar refractivity (Wildman–Crippen MR) is 78.6 cm³/mol. The van der Waals surface area contributed by atoms with Gasteiger partial charge in [-0.25, -0.2) is 4.98 Å². The maximum atomic E-state index is 11.5. The van der Waals surface area contributed by atoms with Gasteiger partial charge in [-0.15, -0.1) is 0 Å². The van der Waals surface area contributed by atoms with Crippen LogP contribution in [0.1, 0.15) is 46.1 Å². The van der Waals surface area contributed by atoms with E-state index in [4.69, 9.17) is 0 Å². The molecular formula is C16H24N2O. The number of Topliss-reactive ketones (excluding diaryl/α,β-unsaturated/α-hetero) is 1. The van der Waals surface area contributed by atoms with E-state index in [1.165, 1.54) is 5.56 Å². The number of ketones is 1. The number of hydrogen-bond acceptors (Lipinski definition) is 3. The summed E-state index contributed by atoms with van der Waals surface area (Å²) in [5.74, 6) is 1.48. The molecule has 3 nitrogen and oxygen atoms in total. The lowest BCUT2D eigenvalue weighted by molar-refractivity contribution is -0.120. The van der Waals surface area contributed by atoms with Gasteiger partial charge in [0.15, 0.2) is 0 Å². The second kappa shape index (κ2) is 5.32. The van der Waals surface area contributed by atoms with E-state index in [-0.39, 0.29) is 11.3 Å². The number of pyridine rings is 1. The van der Waals surface area contributed by atoms with E-state index in [9.17, 15) is 4.79 Å². The Balaban J connectivity index is 2.12. The molecule has 2 rings (SSSR count). The van der Waals surface area contributed by atoms with Crippen molar-refractivity contribution < 1.29 is 4.79 Å². The van der Waals surface area contributed by atoms with Gasteiger partial charge in [0, 0.05) is 25.2 Å². The maximum Gasteiger partial charge on any atom is 0.134 e. The molecule has 0 amide bonds. The lowest BCUT2D eigenvalue weighted by Crippen LogP contribution is -2.38. The number of rotatable bonds is 2. The molecule has 1 unspecified atom stereocenters. The Hall–Kier alpha value is -1.38. The molecule has 3 heteroatoms. The highest BCUT2D eigenvalue weighted by atomic mass is 16.1. The average molecular weight is 260 g/mol. The second-order valence-electron chi connectivity index (χ2n) is 6.55. The summed E-state index contributed by atoms with van der Waals surface area (Å²) in [7, 11) is 0. The fourth-order valence-electron chi connectivity index (χ4n) is 2.53. The Morgan fingerprint density at radius 2 is 2.11 bits per heavy atom. The van der Waals surface area contributed by atoms with E-state index < -0.39 is 0 Å². The minimum atomic E-state index is 0.134. The van der Waals surface area contributed by atoms with Gasteiger partial charge in [0.1, 0.15) is 11.6 Å². The third-order valence-corrected chi connectivity index (χ3v) is 3.93. The summed E-state index contributed by atoms with van der Waals surface area (Å²) in [5.41, 5.74) is 1.38. The summed E-state index contributed by atoms with van der Waals surface area (Å²) in [4.78, 5) is 18.3. The molecule has 1 atom stereocenters. The minimum absolute atomic E-state index is 0.134. The van der Waals surface area contributed by atoms with Crippen molar-refractivity contribution in [2.24, 2.45) is 5.92 Å². The third-order valence-electron chi connectivity index (χ3n) is 3.93. The Bertz CT molecular complexity index is 445. The van der Waals surface area contributed by atoms with Gasteiger partial charge >= 0.3 is 0 Å². The molecule has 1 aromatic heterocycles. The number of nitrogens with zero attached hydrogens (tertiary/aromatic N) is 2. The van der Waals surface area contributed by atoms with E-state index >= 15 is 0 Å². The summed E-state index contributed by atoms with van der Waals surface area (Å²) < 4.78 is 0. The first-order valence-corrected chi connectivity index (χ1v) is 7.10. The van der Waals surface area contributed by atoms with Crippen LogP contribution in [0.4, 0.5) is 5.82 Å². The van der Waals surface area contributed by atoms with Crippen LogP contribution < -0.4 is 4.90 Å². The standard InChI is InChI=1S/C16H24N2O/c1-12(19)13-6-5-9-18(11-13)15-8-7-14(10-17-15)16(2,3)4/h7-8,10,13H,5-6,9,11H2,1-4H3. The summed E-state index contributed by atoms with van der Waals surface area (Å²) in [6, 6.07) is 4.24. The first kappa shape index (κ1) is 14.0. The molecule has 0 saturated carbocycles.